The number of carbonyl (C=O) groups is 3. The molecule has 0 atom stereocenters. The number of nitrogens with zero attached hydrogens (tertiary/aromatic N) is 1. The number of imide groups is 1. The molecule has 1 aromatic carbocycles. The van der Waals surface area contributed by atoms with E-state index < -0.39 is 0 Å². The van der Waals surface area contributed by atoms with Gasteiger partial charge in [0.25, 0.3) is 11.8 Å². The van der Waals surface area contributed by atoms with E-state index in [0.717, 1.165) is 38.5 Å². The Morgan fingerprint density at radius 3 is 1.68 bits per heavy atom. The smallest absolute Gasteiger partial charge is 0.261 e. The molecule has 0 aromatic heterocycles. The van der Waals surface area contributed by atoms with Crippen molar-refractivity contribution in [1.29, 1.82) is 0 Å². The van der Waals surface area contributed by atoms with Gasteiger partial charge in [-0.25, -0.2) is 0 Å². The third-order valence-electron chi connectivity index (χ3n) is 4.68. The van der Waals surface area contributed by atoms with Crippen molar-refractivity contribution in [3.05, 3.63) is 35.4 Å². The number of fused-ring (bicyclic) bond motifs is 1. The van der Waals surface area contributed by atoms with Gasteiger partial charge in [0.15, 0.2) is 0 Å². The Balaban J connectivity index is 1.51. The molecular formula is C20H28N2O3. The van der Waals surface area contributed by atoms with Gasteiger partial charge in [0, 0.05) is 13.0 Å². The van der Waals surface area contributed by atoms with Crippen molar-refractivity contribution in [3.63, 3.8) is 0 Å². The molecule has 0 spiro atoms. The molecule has 0 bridgehead atoms. The van der Waals surface area contributed by atoms with Gasteiger partial charge in [0.05, 0.1) is 11.1 Å². The summed E-state index contributed by atoms with van der Waals surface area (Å²) in [5.74, 6) is -0.522. The summed E-state index contributed by atoms with van der Waals surface area (Å²) in [7, 11) is 0. The summed E-state index contributed by atoms with van der Waals surface area (Å²) in [5.41, 5.74) is 6.17. The predicted octanol–water partition coefficient (Wildman–Crippen LogP) is 3.67. The second-order valence-corrected chi connectivity index (χ2v) is 6.71. The molecule has 25 heavy (non-hydrogen) atoms. The predicted molar refractivity (Wildman–Crippen MR) is 97.2 cm³/mol. The number of hydrogen-bond donors (Lipinski definition) is 1. The van der Waals surface area contributed by atoms with Crippen molar-refractivity contribution in [2.24, 2.45) is 5.73 Å². The maximum atomic E-state index is 12.2. The minimum atomic E-state index is -0.210. The standard InChI is InChI=1S/C20H28N2O3/c21-18(23)14-8-6-4-2-1-3-5-7-11-15-22-19(24)16-12-9-10-13-17(16)20(22)25/h9-10,12-13H,1-8,11,14-15H2,(H2,21,23). The van der Waals surface area contributed by atoms with Crippen molar-refractivity contribution in [2.75, 3.05) is 6.54 Å². The van der Waals surface area contributed by atoms with Crippen LogP contribution in [-0.4, -0.2) is 29.2 Å². The van der Waals surface area contributed by atoms with Crippen molar-refractivity contribution in [3.8, 4) is 0 Å². The van der Waals surface area contributed by atoms with E-state index in [1.165, 1.54) is 24.2 Å². The van der Waals surface area contributed by atoms with E-state index >= 15 is 0 Å². The lowest BCUT2D eigenvalue weighted by atomic mass is 10.1. The number of benzene rings is 1. The van der Waals surface area contributed by atoms with Gasteiger partial charge in [-0.2, -0.15) is 0 Å². The molecule has 1 aromatic rings. The molecule has 0 fully saturated rings. The zero-order valence-corrected chi connectivity index (χ0v) is 14.8. The number of primary amides is 1. The topological polar surface area (TPSA) is 80.5 Å². The van der Waals surface area contributed by atoms with E-state index in [4.69, 9.17) is 5.73 Å². The molecule has 2 N–H and O–H groups in total. The highest BCUT2D eigenvalue weighted by atomic mass is 16.2. The van der Waals surface area contributed by atoms with Crippen LogP contribution in [0, 0.1) is 0 Å². The lowest BCUT2D eigenvalue weighted by Crippen LogP contribution is -2.30. The Hall–Kier alpha value is -2.17. The highest BCUT2D eigenvalue weighted by Crippen LogP contribution is 2.23. The number of rotatable bonds is 12. The lowest BCUT2D eigenvalue weighted by Gasteiger charge is -2.13. The summed E-state index contributed by atoms with van der Waals surface area (Å²) in [4.78, 5) is 36.4. The van der Waals surface area contributed by atoms with E-state index in [9.17, 15) is 14.4 Å². The zero-order chi connectivity index (χ0) is 18.1. The molecule has 0 unspecified atom stereocenters. The first-order chi connectivity index (χ1) is 12.1. The Morgan fingerprint density at radius 1 is 0.760 bits per heavy atom. The minimum absolute atomic E-state index is 0.156. The molecule has 1 aliphatic rings. The van der Waals surface area contributed by atoms with Gasteiger partial charge in [-0.1, -0.05) is 57.1 Å². The molecule has 2 rings (SSSR count). The SMILES string of the molecule is NC(=O)CCCCCCCCCCCN1C(=O)c2ccccc2C1=O. The minimum Gasteiger partial charge on any atom is -0.370 e. The van der Waals surface area contributed by atoms with Crippen LogP contribution in [0.5, 0.6) is 0 Å². The average molecular weight is 344 g/mol. The Bertz CT molecular complexity index is 578. The molecule has 1 heterocycles. The number of unbranched alkanes of at least 4 members (excludes halogenated alkanes) is 8. The van der Waals surface area contributed by atoms with Crippen LogP contribution in [0.15, 0.2) is 24.3 Å². The average Bonchev–Trinajstić information content (AvgIpc) is 2.84. The van der Waals surface area contributed by atoms with Gasteiger partial charge in [-0.3, -0.25) is 19.3 Å². The second-order valence-electron chi connectivity index (χ2n) is 6.71. The fourth-order valence-electron chi connectivity index (χ4n) is 3.25. The monoisotopic (exact) mass is 344 g/mol. The highest BCUT2D eigenvalue weighted by molar-refractivity contribution is 6.21. The third kappa shape index (κ3) is 5.69. The fourth-order valence-corrected chi connectivity index (χ4v) is 3.25. The van der Waals surface area contributed by atoms with E-state index in [1.807, 2.05) is 0 Å². The third-order valence-corrected chi connectivity index (χ3v) is 4.68. The van der Waals surface area contributed by atoms with Crippen LogP contribution in [0.1, 0.15) is 84.9 Å². The van der Waals surface area contributed by atoms with Gasteiger partial charge < -0.3 is 5.73 Å². The molecule has 0 saturated carbocycles. The Labute approximate surface area is 149 Å². The first kappa shape index (κ1) is 19.2. The molecule has 0 radical (unpaired) electrons. The van der Waals surface area contributed by atoms with Crippen molar-refractivity contribution < 1.29 is 14.4 Å². The van der Waals surface area contributed by atoms with Crippen molar-refractivity contribution in [2.45, 2.75) is 64.2 Å². The normalized spacial score (nSPS) is 13.4. The van der Waals surface area contributed by atoms with Crippen LogP contribution in [0.4, 0.5) is 0 Å². The fraction of sp³-hybridized carbons (Fsp3) is 0.550. The van der Waals surface area contributed by atoms with Gasteiger partial charge in [-0.05, 0) is 25.0 Å². The van der Waals surface area contributed by atoms with E-state index in [1.54, 1.807) is 24.3 Å². The van der Waals surface area contributed by atoms with Gasteiger partial charge in [-0.15, -0.1) is 0 Å². The molecule has 0 aliphatic carbocycles. The number of carbonyl (C=O) groups excluding carboxylic acids is 3. The number of nitrogens with two attached hydrogens (primary N) is 1. The molecule has 5 heteroatoms. The quantitative estimate of drug-likeness (QED) is 0.464. The van der Waals surface area contributed by atoms with Crippen LogP contribution in [0.2, 0.25) is 0 Å². The van der Waals surface area contributed by atoms with Crippen molar-refractivity contribution in [1.82, 2.24) is 4.90 Å². The zero-order valence-electron chi connectivity index (χ0n) is 14.8. The van der Waals surface area contributed by atoms with Gasteiger partial charge >= 0.3 is 0 Å². The maximum absolute atomic E-state index is 12.2. The lowest BCUT2D eigenvalue weighted by molar-refractivity contribution is -0.118. The van der Waals surface area contributed by atoms with Gasteiger partial charge in [0.2, 0.25) is 5.91 Å². The Kier molecular flexibility index (Phi) is 7.64. The second kappa shape index (κ2) is 9.97. The molecule has 1 aliphatic heterocycles. The summed E-state index contributed by atoms with van der Waals surface area (Å²) >= 11 is 0. The Morgan fingerprint density at radius 2 is 1.20 bits per heavy atom. The summed E-state index contributed by atoms with van der Waals surface area (Å²) in [5, 5.41) is 0. The number of hydrogen-bond acceptors (Lipinski definition) is 3. The van der Waals surface area contributed by atoms with Crippen LogP contribution >= 0.6 is 0 Å². The molecule has 3 amide bonds. The van der Waals surface area contributed by atoms with E-state index in [0.29, 0.717) is 24.1 Å². The maximum Gasteiger partial charge on any atom is 0.261 e. The molecule has 0 saturated heterocycles. The van der Waals surface area contributed by atoms with Gasteiger partial charge in [0.1, 0.15) is 0 Å². The van der Waals surface area contributed by atoms with Crippen LogP contribution in [0.3, 0.4) is 0 Å². The summed E-state index contributed by atoms with van der Waals surface area (Å²) < 4.78 is 0. The summed E-state index contributed by atoms with van der Waals surface area (Å²) in [6, 6.07) is 7.03. The van der Waals surface area contributed by atoms with E-state index in [2.05, 4.69) is 0 Å². The number of amides is 3. The summed E-state index contributed by atoms with van der Waals surface area (Å²) in [6.45, 7) is 0.513. The van der Waals surface area contributed by atoms with Crippen LogP contribution in [0.25, 0.3) is 0 Å². The van der Waals surface area contributed by atoms with Crippen LogP contribution in [-0.2, 0) is 4.79 Å². The summed E-state index contributed by atoms with van der Waals surface area (Å²) in [6.07, 6.45) is 10.2. The molecule has 136 valence electrons. The van der Waals surface area contributed by atoms with Crippen molar-refractivity contribution >= 4 is 17.7 Å². The molecule has 5 nitrogen and oxygen atoms in total. The first-order valence-corrected chi connectivity index (χ1v) is 9.35. The largest absolute Gasteiger partial charge is 0.370 e. The molecular weight excluding hydrogens is 316 g/mol. The van der Waals surface area contributed by atoms with Crippen LogP contribution < -0.4 is 5.73 Å². The first-order valence-electron chi connectivity index (χ1n) is 9.35. The highest BCUT2D eigenvalue weighted by Gasteiger charge is 2.34. The van der Waals surface area contributed by atoms with E-state index in [-0.39, 0.29) is 17.7 Å².